The van der Waals surface area contributed by atoms with E-state index in [-0.39, 0.29) is 16.2 Å². The molecule has 1 aromatic rings. The van der Waals surface area contributed by atoms with E-state index in [2.05, 4.69) is 30.5 Å². The van der Waals surface area contributed by atoms with Gasteiger partial charge in [0.25, 0.3) is 0 Å². The summed E-state index contributed by atoms with van der Waals surface area (Å²) in [5.74, 6) is 0.559. The fraction of sp³-hybridized carbons (Fsp3) is 0.688. The molecule has 0 spiro atoms. The Bertz CT molecular complexity index is 498. The molecule has 1 rings (SSSR count). The van der Waals surface area contributed by atoms with Crippen LogP contribution in [0.3, 0.4) is 0 Å². The number of nitrogens with zero attached hydrogens (tertiary/aromatic N) is 1. The molecule has 6 heteroatoms. The Morgan fingerprint density at radius 3 is 2.36 bits per heavy atom. The topological polar surface area (TPSA) is 57.2 Å². The highest BCUT2D eigenvalue weighted by Gasteiger charge is 2.34. The van der Waals surface area contributed by atoms with Gasteiger partial charge in [-0.25, -0.2) is 4.98 Å². The average Bonchev–Trinajstić information content (AvgIpc) is 2.37. The summed E-state index contributed by atoms with van der Waals surface area (Å²) < 4.78 is 20.6. The van der Waals surface area contributed by atoms with Crippen molar-refractivity contribution in [2.75, 3.05) is 7.11 Å². The van der Waals surface area contributed by atoms with Crippen molar-refractivity contribution < 1.29 is 9.29 Å². The number of halogens is 1. The van der Waals surface area contributed by atoms with Gasteiger partial charge in [-0.15, -0.1) is 4.72 Å². The van der Waals surface area contributed by atoms with Crippen molar-refractivity contribution in [3.05, 3.63) is 23.0 Å². The Balaban J connectivity index is 2.95. The highest BCUT2D eigenvalue weighted by atomic mass is 35.5. The SMILES string of the molecule is COc1cc(CC(N[S+]([O-])C(C)(C)C)C(C)(C)C)cnc1Cl. The molecule has 0 saturated heterocycles. The van der Waals surface area contributed by atoms with Gasteiger partial charge in [-0.1, -0.05) is 32.4 Å². The van der Waals surface area contributed by atoms with Gasteiger partial charge >= 0.3 is 0 Å². The monoisotopic (exact) mass is 346 g/mol. The van der Waals surface area contributed by atoms with E-state index >= 15 is 0 Å². The molecule has 126 valence electrons. The molecule has 0 radical (unpaired) electrons. The molecule has 1 aromatic heterocycles. The van der Waals surface area contributed by atoms with Crippen molar-refractivity contribution in [1.29, 1.82) is 0 Å². The number of aromatic nitrogens is 1. The van der Waals surface area contributed by atoms with Crippen LogP contribution in [-0.2, 0) is 17.8 Å². The number of methoxy groups -OCH3 is 1. The van der Waals surface area contributed by atoms with Gasteiger partial charge < -0.3 is 9.29 Å². The zero-order chi connectivity index (χ0) is 17.1. The lowest BCUT2D eigenvalue weighted by Crippen LogP contribution is -2.50. The summed E-state index contributed by atoms with van der Waals surface area (Å²) in [4.78, 5) is 4.15. The molecule has 0 aliphatic carbocycles. The van der Waals surface area contributed by atoms with Gasteiger partial charge in [0.05, 0.1) is 13.2 Å². The van der Waals surface area contributed by atoms with Gasteiger partial charge in [-0.2, -0.15) is 0 Å². The average molecular weight is 347 g/mol. The molecule has 22 heavy (non-hydrogen) atoms. The molecular formula is C16H27ClN2O2S. The molecule has 0 bridgehead atoms. The predicted molar refractivity (Wildman–Crippen MR) is 93.8 cm³/mol. The van der Waals surface area contributed by atoms with Crippen LogP contribution in [0.2, 0.25) is 5.15 Å². The van der Waals surface area contributed by atoms with E-state index in [1.54, 1.807) is 13.3 Å². The largest absolute Gasteiger partial charge is 0.598 e. The van der Waals surface area contributed by atoms with Crippen molar-refractivity contribution in [3.8, 4) is 5.75 Å². The summed E-state index contributed by atoms with van der Waals surface area (Å²) in [5, 5.41) is 0.352. The van der Waals surface area contributed by atoms with Crippen LogP contribution in [0, 0.1) is 5.41 Å². The second-order valence-electron chi connectivity index (χ2n) is 7.46. The van der Waals surface area contributed by atoms with Gasteiger partial charge in [0.2, 0.25) is 0 Å². The molecule has 2 unspecified atom stereocenters. The smallest absolute Gasteiger partial charge is 0.171 e. The maximum atomic E-state index is 12.4. The van der Waals surface area contributed by atoms with Gasteiger partial charge in [0.1, 0.15) is 4.75 Å². The molecule has 0 aliphatic rings. The summed E-state index contributed by atoms with van der Waals surface area (Å²) >= 11 is 4.84. The van der Waals surface area contributed by atoms with Crippen molar-refractivity contribution in [1.82, 2.24) is 9.71 Å². The fourth-order valence-corrected chi connectivity index (χ4v) is 3.02. The first kappa shape index (κ1) is 19.6. The van der Waals surface area contributed by atoms with Gasteiger partial charge in [-0.3, -0.25) is 0 Å². The lowest BCUT2D eigenvalue weighted by Gasteiger charge is -2.34. The number of hydrogen-bond acceptors (Lipinski definition) is 4. The van der Waals surface area contributed by atoms with E-state index in [0.29, 0.717) is 17.3 Å². The van der Waals surface area contributed by atoms with Crippen molar-refractivity contribution in [2.45, 2.75) is 58.8 Å². The second-order valence-corrected chi connectivity index (χ2v) is 9.81. The van der Waals surface area contributed by atoms with Gasteiger partial charge in [0, 0.05) is 17.6 Å². The number of hydrogen-bond donors (Lipinski definition) is 1. The second kappa shape index (κ2) is 7.39. The quantitative estimate of drug-likeness (QED) is 0.651. The van der Waals surface area contributed by atoms with E-state index < -0.39 is 11.4 Å². The molecule has 0 fully saturated rings. The lowest BCUT2D eigenvalue weighted by molar-refractivity contribution is 0.294. The minimum atomic E-state index is -1.13. The highest BCUT2D eigenvalue weighted by Crippen LogP contribution is 2.28. The minimum absolute atomic E-state index is 0.0419. The van der Waals surface area contributed by atoms with E-state index in [9.17, 15) is 4.55 Å². The fourth-order valence-electron chi connectivity index (χ4n) is 1.79. The normalized spacial score (nSPS) is 15.5. The molecular weight excluding hydrogens is 320 g/mol. The predicted octanol–water partition coefficient (Wildman–Crippen LogP) is 3.75. The van der Waals surface area contributed by atoms with Crippen LogP contribution in [0.4, 0.5) is 0 Å². The number of pyridine rings is 1. The molecule has 4 nitrogen and oxygen atoms in total. The molecule has 0 aliphatic heterocycles. The number of rotatable bonds is 5. The van der Waals surface area contributed by atoms with Crippen LogP contribution in [0.1, 0.15) is 47.1 Å². The first-order valence-corrected chi connectivity index (χ1v) is 8.84. The van der Waals surface area contributed by atoms with E-state index in [0.717, 1.165) is 5.56 Å². The number of nitrogens with one attached hydrogen (secondary N) is 1. The number of ether oxygens (including phenoxy) is 1. The van der Waals surface area contributed by atoms with Gasteiger partial charge in [0.15, 0.2) is 10.9 Å². The third kappa shape index (κ3) is 5.61. The third-order valence-electron chi connectivity index (χ3n) is 3.37. The van der Waals surface area contributed by atoms with Crippen molar-refractivity contribution in [2.24, 2.45) is 5.41 Å². The summed E-state index contributed by atoms with van der Waals surface area (Å²) in [6.07, 6.45) is 2.44. The summed E-state index contributed by atoms with van der Waals surface area (Å²) in [6.45, 7) is 12.3. The molecule has 0 saturated carbocycles. The first-order chi connectivity index (χ1) is 9.95. The van der Waals surface area contributed by atoms with Gasteiger partial charge in [-0.05, 0) is 44.2 Å². The minimum Gasteiger partial charge on any atom is -0.598 e. The van der Waals surface area contributed by atoms with Crippen LogP contribution in [0.15, 0.2) is 12.3 Å². The maximum Gasteiger partial charge on any atom is 0.171 e. The van der Waals surface area contributed by atoms with Crippen LogP contribution in [0.5, 0.6) is 5.75 Å². The Hall–Kier alpha value is -0.490. The molecule has 0 amide bonds. The van der Waals surface area contributed by atoms with E-state index in [1.165, 1.54) is 0 Å². The van der Waals surface area contributed by atoms with Crippen LogP contribution < -0.4 is 9.46 Å². The molecule has 1 N–H and O–H groups in total. The Morgan fingerprint density at radius 1 is 1.32 bits per heavy atom. The van der Waals surface area contributed by atoms with Crippen LogP contribution >= 0.6 is 11.6 Å². The summed E-state index contributed by atoms with van der Waals surface area (Å²) in [7, 11) is 1.57. The lowest BCUT2D eigenvalue weighted by atomic mass is 9.84. The highest BCUT2D eigenvalue weighted by molar-refractivity contribution is 7.90. The summed E-state index contributed by atoms with van der Waals surface area (Å²) in [5.41, 5.74) is 0.952. The zero-order valence-electron chi connectivity index (χ0n) is 14.5. The maximum absolute atomic E-state index is 12.4. The Labute approximate surface area is 142 Å². The standard InChI is InChI=1S/C16H27ClN2O2S/c1-15(2,3)13(19-22(20)16(4,5)6)9-11-8-12(21-7)14(17)18-10-11/h8,10,13,19H,9H2,1-7H3. The van der Waals surface area contributed by atoms with E-state index in [1.807, 2.05) is 26.8 Å². The third-order valence-corrected chi connectivity index (χ3v) is 5.27. The first-order valence-electron chi connectivity index (χ1n) is 7.31. The Morgan fingerprint density at radius 2 is 1.91 bits per heavy atom. The van der Waals surface area contributed by atoms with E-state index in [4.69, 9.17) is 16.3 Å². The van der Waals surface area contributed by atoms with Crippen molar-refractivity contribution >= 4 is 23.0 Å². The summed E-state index contributed by atoms with van der Waals surface area (Å²) in [6, 6.07) is 1.93. The molecule has 2 atom stereocenters. The Kier molecular flexibility index (Phi) is 6.57. The van der Waals surface area contributed by atoms with Crippen LogP contribution in [-0.4, -0.2) is 27.4 Å². The zero-order valence-corrected chi connectivity index (χ0v) is 16.1. The molecule has 0 aromatic carbocycles. The van der Waals surface area contributed by atoms with Crippen LogP contribution in [0.25, 0.3) is 0 Å². The molecule has 1 heterocycles. The van der Waals surface area contributed by atoms with Crippen molar-refractivity contribution in [3.63, 3.8) is 0 Å².